The monoisotopic (exact) mass is 394 g/mol. The standard InChI is InChI=1S/C15H30N4.HI/c1-3-14(19-10-6-7-11-19)12-17-15(16-2)18-13-8-4-5-9-13;/h13-14H,3-12H2,1-2H3,(H2,16,17,18);1H. The van der Waals surface area contributed by atoms with E-state index in [1.54, 1.807) is 0 Å². The van der Waals surface area contributed by atoms with E-state index < -0.39 is 0 Å². The smallest absolute Gasteiger partial charge is 0.191 e. The lowest BCUT2D eigenvalue weighted by Gasteiger charge is -2.27. The molecule has 1 heterocycles. The SMILES string of the molecule is CCC(CNC(=NC)NC1CCCC1)N1CCCC1.I. The van der Waals surface area contributed by atoms with Crippen LogP contribution in [0.15, 0.2) is 4.99 Å². The van der Waals surface area contributed by atoms with Gasteiger partial charge >= 0.3 is 0 Å². The Morgan fingerprint density at radius 1 is 1.20 bits per heavy atom. The van der Waals surface area contributed by atoms with Crippen LogP contribution in [-0.2, 0) is 0 Å². The highest BCUT2D eigenvalue weighted by molar-refractivity contribution is 14.0. The molecule has 2 rings (SSSR count). The molecule has 0 aromatic heterocycles. The summed E-state index contributed by atoms with van der Waals surface area (Å²) >= 11 is 0. The van der Waals surface area contributed by atoms with Crippen molar-refractivity contribution >= 4 is 29.9 Å². The highest BCUT2D eigenvalue weighted by Crippen LogP contribution is 2.17. The summed E-state index contributed by atoms with van der Waals surface area (Å²) in [4.78, 5) is 6.98. The molecule has 4 nitrogen and oxygen atoms in total. The number of hydrogen-bond acceptors (Lipinski definition) is 2. The molecule has 1 saturated carbocycles. The molecule has 1 unspecified atom stereocenters. The van der Waals surface area contributed by atoms with Crippen molar-refractivity contribution in [1.82, 2.24) is 15.5 Å². The van der Waals surface area contributed by atoms with Crippen molar-refractivity contribution in [2.75, 3.05) is 26.7 Å². The van der Waals surface area contributed by atoms with Gasteiger partial charge in [0.15, 0.2) is 5.96 Å². The Balaban J connectivity index is 0.00000200. The van der Waals surface area contributed by atoms with Crippen LogP contribution >= 0.6 is 24.0 Å². The van der Waals surface area contributed by atoms with Crippen molar-refractivity contribution in [3.8, 4) is 0 Å². The molecule has 2 fully saturated rings. The molecular formula is C15H31IN4. The Morgan fingerprint density at radius 2 is 1.85 bits per heavy atom. The van der Waals surface area contributed by atoms with Gasteiger partial charge in [0, 0.05) is 25.7 Å². The van der Waals surface area contributed by atoms with E-state index in [-0.39, 0.29) is 24.0 Å². The van der Waals surface area contributed by atoms with Crippen molar-refractivity contribution in [2.24, 2.45) is 4.99 Å². The summed E-state index contributed by atoms with van der Waals surface area (Å²) in [7, 11) is 1.88. The molecule has 20 heavy (non-hydrogen) atoms. The first-order valence-electron chi connectivity index (χ1n) is 8.04. The molecule has 2 aliphatic rings. The number of nitrogens with one attached hydrogen (secondary N) is 2. The molecule has 0 aromatic rings. The van der Waals surface area contributed by atoms with Crippen LogP contribution in [0.3, 0.4) is 0 Å². The van der Waals surface area contributed by atoms with Crippen molar-refractivity contribution in [3.05, 3.63) is 0 Å². The average molecular weight is 394 g/mol. The number of guanidine groups is 1. The van der Waals surface area contributed by atoms with Gasteiger partial charge in [-0.15, -0.1) is 24.0 Å². The molecule has 118 valence electrons. The van der Waals surface area contributed by atoms with E-state index >= 15 is 0 Å². The van der Waals surface area contributed by atoms with Gasteiger partial charge in [-0.2, -0.15) is 0 Å². The van der Waals surface area contributed by atoms with Crippen LogP contribution in [0.1, 0.15) is 51.9 Å². The Morgan fingerprint density at radius 3 is 2.40 bits per heavy atom. The first kappa shape index (κ1) is 18.0. The summed E-state index contributed by atoms with van der Waals surface area (Å²) in [6.07, 6.45) is 9.26. The van der Waals surface area contributed by atoms with Crippen LogP contribution in [0.4, 0.5) is 0 Å². The topological polar surface area (TPSA) is 39.7 Å². The third kappa shape index (κ3) is 5.39. The Hall–Kier alpha value is -0.0400. The van der Waals surface area contributed by atoms with Crippen LogP contribution in [0.25, 0.3) is 0 Å². The van der Waals surface area contributed by atoms with Gasteiger partial charge in [-0.05, 0) is 45.2 Å². The molecule has 5 heteroatoms. The summed E-state index contributed by atoms with van der Waals surface area (Å²) in [5.74, 6) is 0.990. The fourth-order valence-corrected chi connectivity index (χ4v) is 3.31. The highest BCUT2D eigenvalue weighted by atomic mass is 127. The minimum absolute atomic E-state index is 0. The Bertz CT molecular complexity index is 284. The zero-order chi connectivity index (χ0) is 13.5. The highest BCUT2D eigenvalue weighted by Gasteiger charge is 2.21. The summed E-state index contributed by atoms with van der Waals surface area (Å²) < 4.78 is 0. The van der Waals surface area contributed by atoms with Crippen molar-refractivity contribution in [3.63, 3.8) is 0 Å². The second-order valence-electron chi connectivity index (χ2n) is 5.88. The number of nitrogens with zero attached hydrogens (tertiary/aromatic N) is 2. The van der Waals surface area contributed by atoms with Gasteiger partial charge < -0.3 is 10.6 Å². The van der Waals surface area contributed by atoms with E-state index in [9.17, 15) is 0 Å². The van der Waals surface area contributed by atoms with Crippen molar-refractivity contribution in [1.29, 1.82) is 0 Å². The maximum atomic E-state index is 4.36. The van der Waals surface area contributed by atoms with Crippen LogP contribution in [-0.4, -0.2) is 49.6 Å². The molecule has 1 aliphatic carbocycles. The zero-order valence-electron chi connectivity index (χ0n) is 13.0. The van der Waals surface area contributed by atoms with E-state index in [0.717, 1.165) is 12.5 Å². The van der Waals surface area contributed by atoms with E-state index in [4.69, 9.17) is 0 Å². The first-order chi connectivity index (χ1) is 9.33. The number of aliphatic imine (C=N–C) groups is 1. The van der Waals surface area contributed by atoms with Gasteiger partial charge in [-0.3, -0.25) is 9.89 Å². The minimum atomic E-state index is 0. The van der Waals surface area contributed by atoms with Gasteiger partial charge in [0.05, 0.1) is 0 Å². The van der Waals surface area contributed by atoms with Crippen LogP contribution < -0.4 is 10.6 Å². The number of rotatable bonds is 5. The molecule has 0 spiro atoms. The largest absolute Gasteiger partial charge is 0.355 e. The second kappa shape index (κ2) is 9.82. The summed E-state index contributed by atoms with van der Waals surface area (Å²) in [5.41, 5.74) is 0. The second-order valence-corrected chi connectivity index (χ2v) is 5.88. The normalized spacial score (nSPS) is 22.6. The number of hydrogen-bond donors (Lipinski definition) is 2. The molecular weight excluding hydrogens is 363 g/mol. The van der Waals surface area contributed by atoms with E-state index in [1.807, 2.05) is 7.05 Å². The third-order valence-corrected chi connectivity index (χ3v) is 4.55. The molecule has 0 radical (unpaired) electrons. The lowest BCUT2D eigenvalue weighted by Crippen LogP contribution is -2.48. The molecule has 1 atom stereocenters. The van der Waals surface area contributed by atoms with Gasteiger partial charge in [0.1, 0.15) is 0 Å². The molecule has 1 saturated heterocycles. The van der Waals surface area contributed by atoms with Gasteiger partial charge in [0.25, 0.3) is 0 Å². The minimum Gasteiger partial charge on any atom is -0.355 e. The first-order valence-corrected chi connectivity index (χ1v) is 8.04. The van der Waals surface area contributed by atoms with Gasteiger partial charge in [0.2, 0.25) is 0 Å². The maximum Gasteiger partial charge on any atom is 0.191 e. The molecule has 0 aromatic carbocycles. The summed E-state index contributed by atoms with van der Waals surface area (Å²) in [5, 5.41) is 7.08. The van der Waals surface area contributed by atoms with Crippen molar-refractivity contribution in [2.45, 2.75) is 64.0 Å². The lowest BCUT2D eigenvalue weighted by atomic mass is 10.2. The molecule has 0 amide bonds. The number of halogens is 1. The lowest BCUT2D eigenvalue weighted by molar-refractivity contribution is 0.236. The molecule has 0 bridgehead atoms. The molecule has 1 aliphatic heterocycles. The van der Waals surface area contributed by atoms with E-state index in [2.05, 4.69) is 27.4 Å². The fraction of sp³-hybridized carbons (Fsp3) is 0.933. The van der Waals surface area contributed by atoms with E-state index in [1.165, 1.54) is 58.0 Å². The van der Waals surface area contributed by atoms with E-state index in [0.29, 0.717) is 12.1 Å². The van der Waals surface area contributed by atoms with Gasteiger partial charge in [-0.25, -0.2) is 0 Å². The van der Waals surface area contributed by atoms with Gasteiger partial charge in [-0.1, -0.05) is 19.8 Å². The summed E-state index contributed by atoms with van der Waals surface area (Å²) in [6.45, 7) is 5.85. The zero-order valence-corrected chi connectivity index (χ0v) is 15.4. The van der Waals surface area contributed by atoms with Crippen LogP contribution in [0.2, 0.25) is 0 Å². The third-order valence-electron chi connectivity index (χ3n) is 4.55. The number of likely N-dealkylation sites (tertiary alicyclic amines) is 1. The predicted octanol–water partition coefficient (Wildman–Crippen LogP) is 2.59. The average Bonchev–Trinajstić information content (AvgIpc) is 3.11. The predicted molar refractivity (Wildman–Crippen MR) is 97.1 cm³/mol. The van der Waals surface area contributed by atoms with Crippen molar-refractivity contribution < 1.29 is 0 Å². The maximum absolute atomic E-state index is 4.36. The quantitative estimate of drug-likeness (QED) is 0.428. The molecule has 2 N–H and O–H groups in total. The van der Waals surface area contributed by atoms with Crippen LogP contribution in [0.5, 0.6) is 0 Å². The summed E-state index contributed by atoms with van der Waals surface area (Å²) in [6, 6.07) is 1.29. The van der Waals surface area contributed by atoms with Crippen LogP contribution in [0, 0.1) is 0 Å². The fourth-order valence-electron chi connectivity index (χ4n) is 3.31. The Kier molecular flexibility index (Phi) is 8.84. The Labute approximate surface area is 141 Å².